The number of carboxylic acid groups (broad SMARTS) is 1. The quantitative estimate of drug-likeness (QED) is 0.193. The van der Waals surface area contributed by atoms with E-state index in [0.717, 1.165) is 0 Å². The van der Waals surface area contributed by atoms with E-state index in [1.54, 1.807) is 26.8 Å². The number of aliphatic carboxylic acids is 1. The highest BCUT2D eigenvalue weighted by Crippen LogP contribution is 2.38. The van der Waals surface area contributed by atoms with E-state index < -0.39 is 72.7 Å². The van der Waals surface area contributed by atoms with Gasteiger partial charge in [0, 0.05) is 19.3 Å². The number of nitrogens with two attached hydrogens (primary N) is 1. The molecule has 0 saturated carbocycles. The Hall–Kier alpha value is -1.15. The summed E-state index contributed by atoms with van der Waals surface area (Å²) in [6.45, 7) is 8.99. The van der Waals surface area contributed by atoms with Crippen molar-refractivity contribution in [2.45, 2.75) is 115 Å². The van der Waals surface area contributed by atoms with E-state index >= 15 is 0 Å². The topological polar surface area (TPSA) is 192 Å². The Morgan fingerprint density at radius 3 is 2.34 bits per heavy atom. The van der Waals surface area contributed by atoms with Gasteiger partial charge < -0.3 is 50.6 Å². The smallest absolute Gasteiger partial charge is 0.311 e. The van der Waals surface area contributed by atoms with Gasteiger partial charge in [-0.3, -0.25) is 4.79 Å². The number of carbonyl (C=O) groups is 1. The molecule has 0 aromatic carbocycles. The third kappa shape index (κ3) is 7.91. The van der Waals surface area contributed by atoms with Crippen LogP contribution in [0.2, 0.25) is 0 Å². The molecule has 0 radical (unpaired) electrons. The Labute approximate surface area is 206 Å². The molecule has 0 aromatic rings. The largest absolute Gasteiger partial charge is 0.481 e. The predicted octanol–water partition coefficient (Wildman–Crippen LogP) is -0.286. The second-order valence-electron chi connectivity index (χ2n) is 10.6. The van der Waals surface area contributed by atoms with Crippen LogP contribution in [0.25, 0.3) is 0 Å². The lowest BCUT2D eigenvalue weighted by molar-refractivity contribution is -0.309. The molecular weight excluding hydrogens is 462 g/mol. The molecule has 0 bridgehead atoms. The molecule has 8 N–H and O–H groups in total. The SMILES string of the molecule is CC(C)/C=C/[C@@H](CC1O[C@](O)(CC(O)C(C)C)C[C@H](O)[C@H]1C(=O)O)OC1OC(C)C(O)C(N)C1O. The van der Waals surface area contributed by atoms with Gasteiger partial charge in [-0.1, -0.05) is 39.8 Å². The van der Waals surface area contributed by atoms with Crippen molar-refractivity contribution in [3.05, 3.63) is 12.2 Å². The standard InChI is InChI=1S/C24H43NO10/c1-11(2)6-7-14(34-23-21(29)19(25)20(28)13(5)33-23)8-17-18(22(30)31)16(27)10-24(32,35-17)9-15(26)12(3)4/h6-7,11-21,23,26-29,32H,8-10,25H2,1-5H3,(H,30,31)/b7-6+/t13?,14-,15?,16-,17?,18+,19?,20?,21?,23?,24+/m0/s1. The maximum Gasteiger partial charge on any atom is 0.311 e. The summed E-state index contributed by atoms with van der Waals surface area (Å²) >= 11 is 0. The van der Waals surface area contributed by atoms with E-state index in [9.17, 15) is 35.4 Å². The van der Waals surface area contributed by atoms with E-state index in [-0.39, 0.29) is 31.1 Å². The van der Waals surface area contributed by atoms with Crippen LogP contribution >= 0.6 is 0 Å². The van der Waals surface area contributed by atoms with Crippen LogP contribution < -0.4 is 5.73 Å². The molecule has 11 nitrogen and oxygen atoms in total. The third-order valence-electron chi connectivity index (χ3n) is 6.68. The maximum atomic E-state index is 12.0. The number of ether oxygens (including phenoxy) is 3. The summed E-state index contributed by atoms with van der Waals surface area (Å²) in [5, 5.41) is 62.2. The Morgan fingerprint density at radius 1 is 1.17 bits per heavy atom. The molecule has 2 aliphatic rings. The van der Waals surface area contributed by atoms with Crippen molar-refractivity contribution in [1.82, 2.24) is 0 Å². The molecule has 11 heteroatoms. The highest BCUT2D eigenvalue weighted by molar-refractivity contribution is 5.71. The Bertz CT molecular complexity index is 718. The van der Waals surface area contributed by atoms with Crippen molar-refractivity contribution in [3.8, 4) is 0 Å². The van der Waals surface area contributed by atoms with Crippen LogP contribution in [-0.4, -0.2) is 97.5 Å². The summed E-state index contributed by atoms with van der Waals surface area (Å²) in [6, 6.07) is -1.01. The Kier molecular flexibility index (Phi) is 10.7. The van der Waals surface area contributed by atoms with Crippen LogP contribution in [-0.2, 0) is 19.0 Å². The second kappa shape index (κ2) is 12.4. The van der Waals surface area contributed by atoms with Gasteiger partial charge in [0.05, 0.1) is 42.7 Å². The summed E-state index contributed by atoms with van der Waals surface area (Å²) in [6.07, 6.45) is -5.91. The number of allylic oxidation sites excluding steroid dienone is 1. The average Bonchev–Trinajstić information content (AvgIpc) is 2.72. The summed E-state index contributed by atoms with van der Waals surface area (Å²) in [5.41, 5.74) is 5.90. The van der Waals surface area contributed by atoms with Crippen molar-refractivity contribution in [2.75, 3.05) is 0 Å². The molecule has 0 amide bonds. The van der Waals surface area contributed by atoms with Gasteiger partial charge in [-0.25, -0.2) is 0 Å². The van der Waals surface area contributed by atoms with E-state index in [4.69, 9.17) is 19.9 Å². The van der Waals surface area contributed by atoms with Crippen LogP contribution in [0.1, 0.15) is 53.9 Å². The number of carboxylic acids is 1. The molecule has 2 rings (SSSR count). The highest BCUT2D eigenvalue weighted by Gasteiger charge is 2.50. The lowest BCUT2D eigenvalue weighted by atomic mass is 9.82. The Morgan fingerprint density at radius 2 is 1.80 bits per heavy atom. The van der Waals surface area contributed by atoms with Crippen molar-refractivity contribution in [2.24, 2.45) is 23.5 Å². The molecule has 2 heterocycles. The fourth-order valence-corrected chi connectivity index (χ4v) is 4.43. The van der Waals surface area contributed by atoms with Gasteiger partial charge in [-0.2, -0.15) is 0 Å². The lowest BCUT2D eigenvalue weighted by Gasteiger charge is -2.45. The average molecular weight is 506 g/mol. The van der Waals surface area contributed by atoms with Gasteiger partial charge >= 0.3 is 5.97 Å². The van der Waals surface area contributed by atoms with E-state index in [0.29, 0.717) is 0 Å². The molecule has 0 spiro atoms. The first-order chi connectivity index (χ1) is 16.1. The molecule has 2 fully saturated rings. The first-order valence-electron chi connectivity index (χ1n) is 12.2. The molecule has 204 valence electrons. The summed E-state index contributed by atoms with van der Waals surface area (Å²) in [5.74, 6) is -4.66. The van der Waals surface area contributed by atoms with Crippen molar-refractivity contribution in [1.29, 1.82) is 0 Å². The molecule has 11 atom stereocenters. The van der Waals surface area contributed by atoms with Crippen molar-refractivity contribution >= 4 is 5.97 Å². The van der Waals surface area contributed by atoms with Crippen LogP contribution in [0, 0.1) is 17.8 Å². The van der Waals surface area contributed by atoms with E-state index in [1.807, 2.05) is 19.9 Å². The second-order valence-corrected chi connectivity index (χ2v) is 10.6. The van der Waals surface area contributed by atoms with Gasteiger partial charge in [0.2, 0.25) is 0 Å². The van der Waals surface area contributed by atoms with Gasteiger partial charge in [0.15, 0.2) is 12.1 Å². The molecule has 35 heavy (non-hydrogen) atoms. The monoisotopic (exact) mass is 505 g/mol. The summed E-state index contributed by atoms with van der Waals surface area (Å²) in [4.78, 5) is 12.0. The first kappa shape index (κ1) is 30.1. The summed E-state index contributed by atoms with van der Waals surface area (Å²) < 4.78 is 17.4. The minimum atomic E-state index is -1.94. The predicted molar refractivity (Wildman–Crippen MR) is 125 cm³/mol. The van der Waals surface area contributed by atoms with E-state index in [1.165, 1.54) is 0 Å². The summed E-state index contributed by atoms with van der Waals surface area (Å²) in [7, 11) is 0. The first-order valence-corrected chi connectivity index (χ1v) is 12.2. The molecule has 0 aromatic heterocycles. The van der Waals surface area contributed by atoms with Gasteiger partial charge in [0.25, 0.3) is 0 Å². The molecule has 0 aliphatic carbocycles. The van der Waals surface area contributed by atoms with E-state index in [2.05, 4.69) is 0 Å². The number of hydrogen-bond acceptors (Lipinski definition) is 10. The van der Waals surface area contributed by atoms with Crippen molar-refractivity contribution < 1.29 is 49.6 Å². The number of aliphatic hydroxyl groups is 5. The van der Waals surface area contributed by atoms with Gasteiger partial charge in [-0.15, -0.1) is 0 Å². The highest BCUT2D eigenvalue weighted by atomic mass is 16.7. The zero-order chi connectivity index (χ0) is 26.7. The minimum Gasteiger partial charge on any atom is -0.481 e. The van der Waals surface area contributed by atoms with Crippen LogP contribution in [0.4, 0.5) is 0 Å². The molecule has 7 unspecified atom stereocenters. The third-order valence-corrected chi connectivity index (χ3v) is 6.68. The van der Waals surface area contributed by atoms with Crippen LogP contribution in [0.5, 0.6) is 0 Å². The number of rotatable bonds is 10. The van der Waals surface area contributed by atoms with Crippen molar-refractivity contribution in [3.63, 3.8) is 0 Å². The Balaban J connectivity index is 2.29. The van der Waals surface area contributed by atoms with Crippen LogP contribution in [0.15, 0.2) is 12.2 Å². The molecule has 2 aliphatic heterocycles. The zero-order valence-electron chi connectivity index (χ0n) is 21.1. The lowest BCUT2D eigenvalue weighted by Crippen LogP contribution is -2.61. The number of aliphatic hydroxyl groups excluding tert-OH is 4. The van der Waals surface area contributed by atoms with Gasteiger partial charge in [-0.05, 0) is 18.8 Å². The normalized spacial score (nSPS) is 40.4. The molecule has 2 saturated heterocycles. The molecular formula is C24H43NO10. The fourth-order valence-electron chi connectivity index (χ4n) is 4.43. The minimum absolute atomic E-state index is 0.101. The fraction of sp³-hybridized carbons (Fsp3) is 0.875. The maximum absolute atomic E-state index is 12.0. The van der Waals surface area contributed by atoms with Crippen LogP contribution in [0.3, 0.4) is 0 Å². The van der Waals surface area contributed by atoms with Gasteiger partial charge in [0.1, 0.15) is 12.0 Å². The number of hydrogen-bond donors (Lipinski definition) is 7. The zero-order valence-corrected chi connectivity index (χ0v) is 21.1.